The summed E-state index contributed by atoms with van der Waals surface area (Å²) in [4.78, 5) is 2.34. The molecule has 8 aromatic carbocycles. The number of furan rings is 1. The zero-order valence-electron chi connectivity index (χ0n) is 26.6. The number of hydrogen-bond acceptors (Lipinski definition) is 2. The lowest BCUT2D eigenvalue weighted by Crippen LogP contribution is -2.10. The van der Waals surface area contributed by atoms with E-state index in [9.17, 15) is 0 Å². The van der Waals surface area contributed by atoms with E-state index < -0.39 is 0 Å². The van der Waals surface area contributed by atoms with Crippen LogP contribution in [-0.2, 0) is 0 Å². The highest BCUT2D eigenvalue weighted by atomic mass is 16.3. The third-order valence-corrected chi connectivity index (χ3v) is 9.77. The van der Waals surface area contributed by atoms with Gasteiger partial charge in [0.25, 0.3) is 0 Å². The monoisotopic (exact) mass is 626 g/mol. The van der Waals surface area contributed by atoms with Crippen LogP contribution in [0.2, 0.25) is 0 Å². The van der Waals surface area contributed by atoms with Crippen molar-refractivity contribution in [3.63, 3.8) is 0 Å². The molecule has 0 saturated heterocycles. The van der Waals surface area contributed by atoms with Gasteiger partial charge in [0.1, 0.15) is 11.2 Å². The molecule has 10 aromatic rings. The van der Waals surface area contributed by atoms with Gasteiger partial charge in [0.2, 0.25) is 0 Å². The van der Waals surface area contributed by atoms with Gasteiger partial charge in [-0.25, -0.2) is 0 Å². The quantitative estimate of drug-likeness (QED) is 0.190. The molecule has 0 N–H and O–H groups in total. The third kappa shape index (κ3) is 4.29. The van der Waals surface area contributed by atoms with Crippen LogP contribution in [0.15, 0.2) is 186 Å². The fraction of sp³-hybridized carbons (Fsp3) is 0. The van der Waals surface area contributed by atoms with Crippen molar-refractivity contribution in [2.75, 3.05) is 4.90 Å². The minimum atomic E-state index is 0.886. The number of nitrogens with zero attached hydrogens (tertiary/aromatic N) is 2. The molecule has 0 bridgehead atoms. The van der Waals surface area contributed by atoms with Gasteiger partial charge in [0.15, 0.2) is 0 Å². The Morgan fingerprint density at radius 1 is 0.408 bits per heavy atom. The molecule has 49 heavy (non-hydrogen) atoms. The Morgan fingerprint density at radius 2 is 1.02 bits per heavy atom. The largest absolute Gasteiger partial charge is 0.456 e. The molecule has 0 aliphatic heterocycles. The van der Waals surface area contributed by atoms with E-state index in [2.05, 4.69) is 191 Å². The summed E-state index contributed by atoms with van der Waals surface area (Å²) in [7, 11) is 0. The van der Waals surface area contributed by atoms with Gasteiger partial charge in [-0.3, -0.25) is 0 Å². The zero-order valence-corrected chi connectivity index (χ0v) is 26.6. The third-order valence-electron chi connectivity index (χ3n) is 9.77. The Kier molecular flexibility index (Phi) is 6.18. The summed E-state index contributed by atoms with van der Waals surface area (Å²) in [5.41, 5.74) is 11.0. The van der Waals surface area contributed by atoms with Crippen molar-refractivity contribution in [2.45, 2.75) is 0 Å². The number of fused-ring (bicyclic) bond motifs is 8. The van der Waals surface area contributed by atoms with Crippen LogP contribution in [0.4, 0.5) is 17.1 Å². The van der Waals surface area contributed by atoms with Gasteiger partial charge in [-0.2, -0.15) is 0 Å². The first-order valence-electron chi connectivity index (χ1n) is 16.7. The second kappa shape index (κ2) is 11.0. The molecular formula is C46H30N2O. The Labute approximate surface area is 283 Å². The predicted octanol–water partition coefficient (Wildman–Crippen LogP) is 13.0. The highest BCUT2D eigenvalue weighted by Gasteiger charge is 2.20. The van der Waals surface area contributed by atoms with Gasteiger partial charge >= 0.3 is 0 Å². The lowest BCUT2D eigenvalue weighted by atomic mass is 9.95. The summed E-state index contributed by atoms with van der Waals surface area (Å²) in [5, 5.41) is 7.09. The molecule has 0 spiro atoms. The zero-order chi connectivity index (χ0) is 32.3. The number of hydrogen-bond donors (Lipinski definition) is 0. The van der Waals surface area contributed by atoms with Crippen molar-refractivity contribution >= 4 is 71.6 Å². The molecule has 3 heteroatoms. The van der Waals surface area contributed by atoms with Crippen LogP contribution in [-0.4, -0.2) is 4.57 Å². The molecule has 0 fully saturated rings. The normalized spacial score (nSPS) is 11.7. The van der Waals surface area contributed by atoms with E-state index in [0.717, 1.165) is 61.2 Å². The van der Waals surface area contributed by atoms with Crippen LogP contribution >= 0.6 is 0 Å². The summed E-state index contributed by atoms with van der Waals surface area (Å²) < 4.78 is 8.98. The van der Waals surface area contributed by atoms with E-state index in [1.165, 1.54) is 27.2 Å². The Balaban J connectivity index is 1.24. The first kappa shape index (κ1) is 27.5. The van der Waals surface area contributed by atoms with Crippen LogP contribution < -0.4 is 4.90 Å². The van der Waals surface area contributed by atoms with Gasteiger partial charge in [-0.15, -0.1) is 0 Å². The maximum absolute atomic E-state index is 6.60. The molecule has 0 atom stereocenters. The highest BCUT2D eigenvalue weighted by molar-refractivity contribution is 6.25. The number of benzene rings is 8. The Hall–Kier alpha value is -6.58. The molecule has 0 amide bonds. The summed E-state index contributed by atoms with van der Waals surface area (Å²) in [6.45, 7) is 0. The van der Waals surface area contributed by atoms with Crippen molar-refractivity contribution in [1.29, 1.82) is 0 Å². The highest BCUT2D eigenvalue weighted by Crippen LogP contribution is 2.45. The van der Waals surface area contributed by atoms with E-state index in [1.54, 1.807) is 0 Å². The Bertz CT molecular complexity index is 2770. The second-order valence-electron chi connectivity index (χ2n) is 12.5. The molecule has 0 aliphatic carbocycles. The standard InChI is InChI=1S/C46H30N2O/c1-4-14-32(15-5-1)47(33-16-6-2-7-17-33)40-24-12-22-39-38(40)28-29-44-46(39)45-35(21-13-25-43(45)49-44)31-26-27-37-36-20-10-11-23-41(36)48(42(37)30-31)34-18-8-3-9-19-34/h1-30H. The van der Waals surface area contributed by atoms with Crippen LogP contribution in [0.25, 0.3) is 71.3 Å². The van der Waals surface area contributed by atoms with Crippen LogP contribution in [0.3, 0.4) is 0 Å². The molecule has 3 nitrogen and oxygen atoms in total. The van der Waals surface area contributed by atoms with Crippen molar-refractivity contribution in [1.82, 2.24) is 4.57 Å². The number of para-hydroxylation sites is 4. The lowest BCUT2D eigenvalue weighted by Gasteiger charge is -2.26. The minimum absolute atomic E-state index is 0.886. The van der Waals surface area contributed by atoms with Gasteiger partial charge in [0.05, 0.1) is 16.7 Å². The molecular weight excluding hydrogens is 597 g/mol. The number of aromatic nitrogens is 1. The van der Waals surface area contributed by atoms with Gasteiger partial charge in [-0.05, 0) is 89.3 Å². The van der Waals surface area contributed by atoms with Gasteiger partial charge < -0.3 is 13.9 Å². The van der Waals surface area contributed by atoms with Crippen LogP contribution in [0, 0.1) is 0 Å². The molecule has 0 unspecified atom stereocenters. The maximum Gasteiger partial charge on any atom is 0.136 e. The summed E-state index contributed by atoms with van der Waals surface area (Å²) in [6, 6.07) is 64.8. The molecule has 10 rings (SSSR count). The molecule has 2 aromatic heterocycles. The van der Waals surface area contributed by atoms with Gasteiger partial charge in [0, 0.05) is 44.0 Å². The molecule has 0 aliphatic rings. The van der Waals surface area contributed by atoms with Crippen molar-refractivity contribution in [3.05, 3.63) is 182 Å². The smallest absolute Gasteiger partial charge is 0.136 e. The van der Waals surface area contributed by atoms with Crippen molar-refractivity contribution < 1.29 is 4.42 Å². The van der Waals surface area contributed by atoms with E-state index in [4.69, 9.17) is 4.42 Å². The average molecular weight is 627 g/mol. The summed E-state index contributed by atoms with van der Waals surface area (Å²) in [6.07, 6.45) is 0. The Morgan fingerprint density at radius 3 is 1.80 bits per heavy atom. The molecule has 0 radical (unpaired) electrons. The van der Waals surface area contributed by atoms with Gasteiger partial charge in [-0.1, -0.05) is 109 Å². The molecule has 230 valence electrons. The van der Waals surface area contributed by atoms with E-state index in [-0.39, 0.29) is 0 Å². The number of anilines is 3. The topological polar surface area (TPSA) is 21.3 Å². The first-order valence-corrected chi connectivity index (χ1v) is 16.7. The number of rotatable bonds is 5. The average Bonchev–Trinajstić information content (AvgIpc) is 3.72. The van der Waals surface area contributed by atoms with Crippen LogP contribution in [0.1, 0.15) is 0 Å². The van der Waals surface area contributed by atoms with Crippen molar-refractivity contribution in [3.8, 4) is 16.8 Å². The fourth-order valence-electron chi connectivity index (χ4n) is 7.67. The van der Waals surface area contributed by atoms with E-state index >= 15 is 0 Å². The molecule has 2 heterocycles. The summed E-state index contributed by atoms with van der Waals surface area (Å²) in [5.74, 6) is 0. The van der Waals surface area contributed by atoms with Crippen molar-refractivity contribution in [2.24, 2.45) is 0 Å². The SMILES string of the molecule is c1ccc(N(c2ccccc2)c2cccc3c2ccc2oc4cccc(-c5ccc6c7ccccc7n(-c7ccccc7)c6c5)c4c23)cc1. The molecule has 0 saturated carbocycles. The van der Waals surface area contributed by atoms with Crippen LogP contribution in [0.5, 0.6) is 0 Å². The lowest BCUT2D eigenvalue weighted by molar-refractivity contribution is 0.669. The minimum Gasteiger partial charge on any atom is -0.456 e. The fourth-order valence-corrected chi connectivity index (χ4v) is 7.67. The predicted molar refractivity (Wildman–Crippen MR) is 206 cm³/mol. The maximum atomic E-state index is 6.60. The first-order chi connectivity index (χ1) is 24.3. The second-order valence-corrected chi connectivity index (χ2v) is 12.5. The summed E-state index contributed by atoms with van der Waals surface area (Å²) >= 11 is 0. The van der Waals surface area contributed by atoms with E-state index in [0.29, 0.717) is 0 Å². The van der Waals surface area contributed by atoms with E-state index in [1.807, 2.05) is 0 Å².